The van der Waals surface area contributed by atoms with Gasteiger partial charge in [0.15, 0.2) is 11.5 Å². The first kappa shape index (κ1) is 26.0. The quantitative estimate of drug-likeness (QED) is 0.370. The van der Waals surface area contributed by atoms with E-state index in [2.05, 4.69) is 38.1 Å². The van der Waals surface area contributed by atoms with Crippen molar-refractivity contribution in [3.63, 3.8) is 0 Å². The Labute approximate surface area is 191 Å². The van der Waals surface area contributed by atoms with Crippen LogP contribution in [0.5, 0.6) is 0 Å². The molecule has 178 valence electrons. The first-order chi connectivity index (χ1) is 15.6. The lowest BCUT2D eigenvalue weighted by Gasteiger charge is -2.28. The molecule has 3 heterocycles. The molecule has 0 unspecified atom stereocenters. The van der Waals surface area contributed by atoms with E-state index in [0.717, 1.165) is 26.2 Å². The van der Waals surface area contributed by atoms with Gasteiger partial charge in [0.1, 0.15) is 5.52 Å². The minimum Gasteiger partial charge on any atom is -0.475 e. The Morgan fingerprint density at radius 3 is 2.45 bits per heavy atom. The molecule has 33 heavy (non-hydrogen) atoms. The number of nitrogens with zero attached hydrogens (tertiary/aromatic N) is 6. The Kier molecular flexibility index (Phi) is 9.08. The number of anilines is 1. The number of carboxylic acid groups (broad SMARTS) is 1. The number of piperazine rings is 1. The van der Waals surface area contributed by atoms with Gasteiger partial charge in [-0.25, -0.2) is 9.59 Å². The van der Waals surface area contributed by atoms with Crippen molar-refractivity contribution >= 4 is 34.6 Å². The lowest BCUT2D eigenvalue weighted by molar-refractivity contribution is -0.192. The van der Waals surface area contributed by atoms with E-state index in [9.17, 15) is 18.0 Å². The van der Waals surface area contributed by atoms with Crippen molar-refractivity contribution < 1.29 is 23.1 Å². The van der Waals surface area contributed by atoms with E-state index in [-0.39, 0.29) is 17.5 Å². The van der Waals surface area contributed by atoms with Gasteiger partial charge in [0.25, 0.3) is 0 Å². The first-order valence-electron chi connectivity index (χ1n) is 9.80. The van der Waals surface area contributed by atoms with Crippen LogP contribution in [0.3, 0.4) is 0 Å². The van der Waals surface area contributed by atoms with Crippen molar-refractivity contribution in [2.24, 2.45) is 0 Å². The normalized spacial score (nSPS) is 13.5. The number of imidazole rings is 1. The zero-order valence-electron chi connectivity index (χ0n) is 17.6. The molecule has 2 N–H and O–H groups in total. The Balaban J connectivity index is 0.000000479. The van der Waals surface area contributed by atoms with Crippen LogP contribution in [0.4, 0.5) is 19.0 Å². The minimum absolute atomic E-state index is 0.110. The largest absolute Gasteiger partial charge is 0.490 e. The van der Waals surface area contributed by atoms with Crippen molar-refractivity contribution in [3.8, 4) is 17.9 Å². The number of aromatic nitrogens is 4. The standard InChI is InChI=1S/C17H20ClN7O.C2HF3O2/c1-2-3-9-24-13-14(23-11-7-20-8-12-23)21-16(18)22-15(13)25(17(24)26)10-5-4-6-19;3-2(4,5)1(6)7/h20H,4-5,7-12H2,1H3;(H,6,7). The molecule has 0 saturated carbocycles. The van der Waals surface area contributed by atoms with Gasteiger partial charge >= 0.3 is 17.8 Å². The minimum atomic E-state index is -5.08. The van der Waals surface area contributed by atoms with Crippen LogP contribution < -0.4 is 15.9 Å². The molecular weight excluding hydrogens is 467 g/mol. The molecule has 1 aliphatic rings. The SMILES string of the molecule is CC#CCn1c(=O)n(CCCC#N)c2nc(Cl)nc(N3CCNCC3)c21.O=C(O)C(F)(F)F. The summed E-state index contributed by atoms with van der Waals surface area (Å²) in [6.45, 7) is 5.63. The Morgan fingerprint density at radius 2 is 1.91 bits per heavy atom. The van der Waals surface area contributed by atoms with Crippen LogP contribution in [0.15, 0.2) is 4.79 Å². The van der Waals surface area contributed by atoms with Crippen LogP contribution in [0.1, 0.15) is 19.8 Å². The molecule has 0 radical (unpaired) electrons. The van der Waals surface area contributed by atoms with Gasteiger partial charge in [-0.3, -0.25) is 9.13 Å². The fraction of sp³-hybridized carbons (Fsp3) is 0.526. The molecular formula is C19H21ClF3N7O3. The third-order valence-electron chi connectivity index (χ3n) is 4.55. The number of fused-ring (bicyclic) bond motifs is 1. The average Bonchev–Trinajstić information content (AvgIpc) is 3.03. The summed E-state index contributed by atoms with van der Waals surface area (Å²) in [5, 5.41) is 19.3. The van der Waals surface area contributed by atoms with E-state index < -0.39 is 12.1 Å². The van der Waals surface area contributed by atoms with Crippen LogP contribution in [0.2, 0.25) is 5.28 Å². The van der Waals surface area contributed by atoms with E-state index in [4.69, 9.17) is 26.8 Å². The lowest BCUT2D eigenvalue weighted by atomic mass is 10.3. The third kappa shape index (κ3) is 6.60. The predicted molar refractivity (Wildman–Crippen MR) is 114 cm³/mol. The molecule has 0 aliphatic carbocycles. The highest BCUT2D eigenvalue weighted by atomic mass is 35.5. The molecule has 0 amide bonds. The highest BCUT2D eigenvalue weighted by Crippen LogP contribution is 2.25. The van der Waals surface area contributed by atoms with Crippen LogP contribution >= 0.6 is 11.6 Å². The third-order valence-corrected chi connectivity index (χ3v) is 4.72. The van der Waals surface area contributed by atoms with Gasteiger partial charge in [0.2, 0.25) is 5.28 Å². The summed E-state index contributed by atoms with van der Waals surface area (Å²) in [6, 6.07) is 2.10. The van der Waals surface area contributed by atoms with E-state index in [1.807, 2.05) is 0 Å². The van der Waals surface area contributed by atoms with Gasteiger partial charge in [-0.15, -0.1) is 5.92 Å². The van der Waals surface area contributed by atoms with Crippen LogP contribution in [0, 0.1) is 23.2 Å². The molecule has 0 aromatic carbocycles. The highest BCUT2D eigenvalue weighted by Gasteiger charge is 2.38. The Bertz CT molecular complexity index is 1150. The topological polar surface area (TPSA) is 129 Å². The maximum Gasteiger partial charge on any atom is 0.490 e. The summed E-state index contributed by atoms with van der Waals surface area (Å²) in [5.41, 5.74) is 0.953. The summed E-state index contributed by atoms with van der Waals surface area (Å²) in [7, 11) is 0. The predicted octanol–water partition coefficient (Wildman–Crippen LogP) is 1.62. The summed E-state index contributed by atoms with van der Waals surface area (Å²) >= 11 is 6.17. The number of aliphatic carboxylic acids is 1. The van der Waals surface area contributed by atoms with E-state index in [1.54, 1.807) is 16.1 Å². The Hall–Kier alpha value is -3.29. The molecule has 1 saturated heterocycles. The van der Waals surface area contributed by atoms with Crippen LogP contribution in [-0.4, -0.2) is 62.5 Å². The molecule has 3 rings (SSSR count). The second-order valence-corrected chi connectivity index (χ2v) is 7.08. The molecule has 2 aromatic rings. The number of aryl methyl sites for hydroxylation is 1. The second-order valence-electron chi connectivity index (χ2n) is 6.74. The van der Waals surface area contributed by atoms with Crippen molar-refractivity contribution in [1.29, 1.82) is 5.26 Å². The average molecular weight is 488 g/mol. The lowest BCUT2D eigenvalue weighted by Crippen LogP contribution is -2.44. The molecule has 1 fully saturated rings. The number of hydrogen-bond donors (Lipinski definition) is 2. The van der Waals surface area contributed by atoms with Crippen LogP contribution in [-0.2, 0) is 17.9 Å². The monoisotopic (exact) mass is 487 g/mol. The maximum absolute atomic E-state index is 13.0. The van der Waals surface area contributed by atoms with Gasteiger partial charge in [0, 0.05) is 39.1 Å². The van der Waals surface area contributed by atoms with Crippen molar-refractivity contribution in [2.75, 3.05) is 31.1 Å². The zero-order chi connectivity index (χ0) is 24.6. The number of unbranched alkanes of at least 4 members (excludes halogenated alkanes) is 1. The zero-order valence-corrected chi connectivity index (χ0v) is 18.4. The molecule has 1 aliphatic heterocycles. The highest BCUT2D eigenvalue weighted by molar-refractivity contribution is 6.28. The molecule has 14 heteroatoms. The number of carbonyl (C=O) groups is 1. The molecule has 2 aromatic heterocycles. The number of nitriles is 1. The summed E-state index contributed by atoms with van der Waals surface area (Å²) < 4.78 is 34.9. The van der Waals surface area contributed by atoms with Crippen molar-refractivity contribution in [2.45, 2.75) is 39.0 Å². The number of carboxylic acids is 1. The van der Waals surface area contributed by atoms with Gasteiger partial charge in [-0.05, 0) is 24.9 Å². The number of alkyl halides is 3. The van der Waals surface area contributed by atoms with E-state index in [1.165, 1.54) is 0 Å². The molecule has 0 bridgehead atoms. The number of halogens is 4. The number of hydrogen-bond acceptors (Lipinski definition) is 7. The second kappa shape index (κ2) is 11.5. The number of nitrogens with one attached hydrogen (secondary N) is 1. The number of rotatable bonds is 5. The van der Waals surface area contributed by atoms with E-state index >= 15 is 0 Å². The van der Waals surface area contributed by atoms with Gasteiger partial charge < -0.3 is 15.3 Å². The fourth-order valence-electron chi connectivity index (χ4n) is 3.09. The van der Waals surface area contributed by atoms with Gasteiger partial charge in [-0.1, -0.05) is 5.92 Å². The van der Waals surface area contributed by atoms with Crippen molar-refractivity contribution in [1.82, 2.24) is 24.4 Å². The summed E-state index contributed by atoms with van der Waals surface area (Å²) in [6.07, 6.45) is -4.14. The van der Waals surface area contributed by atoms with Gasteiger partial charge in [0.05, 0.1) is 12.6 Å². The smallest absolute Gasteiger partial charge is 0.475 e. The maximum atomic E-state index is 13.0. The Morgan fingerprint density at radius 1 is 1.27 bits per heavy atom. The first-order valence-corrected chi connectivity index (χ1v) is 10.2. The van der Waals surface area contributed by atoms with E-state index in [0.29, 0.717) is 36.4 Å². The fourth-order valence-corrected chi connectivity index (χ4v) is 3.25. The molecule has 0 atom stereocenters. The van der Waals surface area contributed by atoms with Gasteiger partial charge in [-0.2, -0.15) is 28.4 Å². The van der Waals surface area contributed by atoms with Crippen molar-refractivity contribution in [3.05, 3.63) is 15.8 Å². The summed E-state index contributed by atoms with van der Waals surface area (Å²) in [5.74, 6) is 3.68. The molecule has 10 nitrogen and oxygen atoms in total. The molecule has 0 spiro atoms. The van der Waals surface area contributed by atoms with Crippen LogP contribution in [0.25, 0.3) is 11.2 Å². The summed E-state index contributed by atoms with van der Waals surface area (Å²) in [4.78, 5) is 32.7.